The first kappa shape index (κ1) is 56.0. The molecule has 0 spiro atoms. The summed E-state index contributed by atoms with van der Waals surface area (Å²) in [4.78, 5) is 2.90. The highest BCUT2D eigenvalue weighted by molar-refractivity contribution is 7.92. The summed E-state index contributed by atoms with van der Waals surface area (Å²) in [6.07, 6.45) is 7.83. The van der Waals surface area contributed by atoms with Crippen LogP contribution in [0.2, 0.25) is 0 Å². The molecule has 16 nitrogen and oxygen atoms in total. The molecule has 3 fully saturated rings. The number of fused-ring (bicyclic) bond motifs is 4. The second-order valence-corrected chi connectivity index (χ2v) is 24.6. The van der Waals surface area contributed by atoms with Crippen LogP contribution >= 0.6 is 0 Å². The van der Waals surface area contributed by atoms with Crippen molar-refractivity contribution in [3.63, 3.8) is 0 Å². The molecule has 0 bridgehead atoms. The average Bonchev–Trinajstić information content (AvgIpc) is 4.52. The smallest absolute Gasteiger partial charge is 0.297 e. The Labute approximate surface area is 456 Å². The maximum Gasteiger partial charge on any atom is 0.297 e. The van der Waals surface area contributed by atoms with Gasteiger partial charge in [-0.3, -0.25) is 18.4 Å². The van der Waals surface area contributed by atoms with Crippen LogP contribution in [0, 0.1) is 6.92 Å². The van der Waals surface area contributed by atoms with E-state index in [4.69, 9.17) is 18.4 Å². The van der Waals surface area contributed by atoms with E-state index in [9.17, 15) is 25.3 Å². The number of hydrogen-bond donors (Lipinski definition) is 1. The van der Waals surface area contributed by atoms with Crippen LogP contribution in [0.15, 0.2) is 170 Å². The lowest BCUT2D eigenvalue weighted by atomic mass is 10.1. The lowest BCUT2D eigenvalue weighted by Crippen LogP contribution is -2.25. The van der Waals surface area contributed by atoms with E-state index in [2.05, 4.69) is 20.4 Å². The van der Waals surface area contributed by atoms with Crippen LogP contribution in [0.4, 0.5) is 0 Å². The zero-order valence-corrected chi connectivity index (χ0v) is 46.7. The first-order valence-electron chi connectivity index (χ1n) is 26.3. The van der Waals surface area contributed by atoms with E-state index in [0.717, 1.165) is 54.7 Å². The van der Waals surface area contributed by atoms with Crippen molar-refractivity contribution in [1.82, 2.24) is 29.8 Å². The van der Waals surface area contributed by atoms with Gasteiger partial charge in [0.05, 0.1) is 25.7 Å². The number of sulfone groups is 2. The maximum atomic E-state index is 13.7. The summed E-state index contributed by atoms with van der Waals surface area (Å²) in [5, 5.41) is 15.9. The Kier molecular flexibility index (Phi) is 18.2. The van der Waals surface area contributed by atoms with Crippen molar-refractivity contribution < 1.29 is 43.6 Å². The van der Waals surface area contributed by atoms with Gasteiger partial charge in [-0.15, -0.1) is 0 Å². The van der Waals surface area contributed by atoms with Crippen LogP contribution in [-0.4, -0.2) is 115 Å². The fourth-order valence-electron chi connectivity index (χ4n) is 9.58. The van der Waals surface area contributed by atoms with Crippen molar-refractivity contribution >= 4 is 73.1 Å². The molecule has 3 aliphatic heterocycles. The summed E-state index contributed by atoms with van der Waals surface area (Å²) in [5.74, 6) is 1.03. The van der Waals surface area contributed by atoms with Gasteiger partial charge in [0.1, 0.15) is 31.3 Å². The minimum atomic E-state index is -3.96. The summed E-state index contributed by atoms with van der Waals surface area (Å²) in [6.45, 7) is 9.81. The Hall–Kier alpha value is -6.71. The quantitative estimate of drug-likeness (QED) is 0.0800. The molecular weight excluding hydrogens is 1050 g/mol. The van der Waals surface area contributed by atoms with E-state index < -0.39 is 29.8 Å². The maximum absolute atomic E-state index is 13.7. The van der Waals surface area contributed by atoms with Crippen LogP contribution in [0.25, 0.3) is 43.4 Å². The summed E-state index contributed by atoms with van der Waals surface area (Å²) in [6, 6.07) is 42.1. The number of aromatic nitrogens is 4. The second-order valence-electron chi connectivity index (χ2n) is 19.3. The molecule has 9 aromatic rings. The van der Waals surface area contributed by atoms with Gasteiger partial charge in [-0.25, -0.2) is 16.8 Å². The molecular formula is C59H66N6O10S3. The van der Waals surface area contributed by atoms with Crippen LogP contribution in [-0.2, 0) is 52.8 Å². The first-order valence-corrected chi connectivity index (χ1v) is 30.7. The summed E-state index contributed by atoms with van der Waals surface area (Å²) >= 11 is 0. The van der Waals surface area contributed by atoms with E-state index in [0.29, 0.717) is 45.2 Å². The minimum absolute atomic E-state index is 0.0533. The van der Waals surface area contributed by atoms with Crippen LogP contribution in [0.3, 0.4) is 0 Å². The average molecular weight is 1120 g/mol. The van der Waals surface area contributed by atoms with Crippen LogP contribution in [0.1, 0.15) is 44.1 Å². The molecule has 12 rings (SSSR count). The Bertz CT molecular complexity index is 3820. The number of likely N-dealkylation sites (tertiary alicyclic amines) is 1. The van der Waals surface area contributed by atoms with E-state index in [1.807, 2.05) is 67.6 Å². The highest BCUT2D eigenvalue weighted by Crippen LogP contribution is 2.35. The number of hydrogen-bond acceptors (Lipinski definition) is 14. The fourth-order valence-corrected chi connectivity index (χ4v) is 13.7. The molecule has 7 aromatic carbocycles. The highest BCUT2D eigenvalue weighted by Gasteiger charge is 2.29. The third kappa shape index (κ3) is 13.2. The van der Waals surface area contributed by atoms with Crippen molar-refractivity contribution in [1.29, 1.82) is 0 Å². The van der Waals surface area contributed by atoms with Gasteiger partial charge in [0.15, 0.2) is 10.1 Å². The van der Waals surface area contributed by atoms with Crippen LogP contribution in [0.5, 0.6) is 11.5 Å². The summed E-state index contributed by atoms with van der Waals surface area (Å²) < 4.78 is 104. The van der Waals surface area contributed by atoms with Crippen LogP contribution < -0.4 is 14.8 Å². The summed E-state index contributed by atoms with van der Waals surface area (Å²) in [5.41, 5.74) is 2.31. The van der Waals surface area contributed by atoms with Gasteiger partial charge >= 0.3 is 0 Å². The number of nitrogens with one attached hydrogen (secondary N) is 1. The van der Waals surface area contributed by atoms with Crippen molar-refractivity contribution in [2.45, 2.75) is 70.2 Å². The summed E-state index contributed by atoms with van der Waals surface area (Å²) in [7, 11) is -8.25. The number of nitrogens with zero attached hydrogens (tertiary/aromatic N) is 5. The molecule has 410 valence electrons. The van der Waals surface area contributed by atoms with E-state index in [1.54, 1.807) is 91.6 Å². The molecule has 2 aromatic heterocycles. The standard InChI is InChI=1S/C27H24N2O6S2.C24H25N3O3S.C4H9N.C4H8O/c1-19-10-13-22(14-11-19)37(32,33)35-17-16-34-21-12-15-25-24(18-21)27(28-29(25)2)36(30,31)26-9-5-7-20-6-3-4-8-23(20)26;1-26-22-12-11-19(30-16-15-27-13-4-5-14-27)17-21(22)24(25-26)31(28,29)23-10-6-8-18-7-2-3-9-20(18)23;2*1-2-4-5-3-1/h3-15,18H,16-17H2,1-2H3;2-3,6-12,17H,4-5,13-16H2,1H3;5H,1-4H2;1-4H2. The number of benzene rings is 7. The molecule has 3 saturated heterocycles. The van der Waals surface area contributed by atoms with Crippen molar-refractivity contribution in [3.8, 4) is 11.5 Å². The molecule has 0 aliphatic carbocycles. The van der Waals surface area contributed by atoms with Crippen molar-refractivity contribution in [2.24, 2.45) is 14.1 Å². The minimum Gasteiger partial charge on any atom is -0.492 e. The topological polar surface area (TPSA) is 190 Å². The Morgan fingerprint density at radius 1 is 0.526 bits per heavy atom. The molecule has 0 radical (unpaired) electrons. The van der Waals surface area contributed by atoms with E-state index in [-0.39, 0.29) is 38.0 Å². The number of aryl methyl sites for hydroxylation is 3. The molecule has 3 aliphatic rings. The normalized spacial score (nSPS) is 14.9. The molecule has 0 saturated carbocycles. The van der Waals surface area contributed by atoms with Gasteiger partial charge in [-0.05, 0) is 143 Å². The fraction of sp³-hybridized carbons (Fsp3) is 0.322. The predicted molar refractivity (Wildman–Crippen MR) is 303 cm³/mol. The van der Waals surface area contributed by atoms with Gasteiger partial charge in [0.2, 0.25) is 19.7 Å². The number of rotatable bonds is 14. The third-order valence-electron chi connectivity index (χ3n) is 13.7. The molecule has 19 heteroatoms. The molecule has 78 heavy (non-hydrogen) atoms. The van der Waals surface area contributed by atoms with Gasteiger partial charge < -0.3 is 19.5 Å². The zero-order chi connectivity index (χ0) is 54.7. The Morgan fingerprint density at radius 2 is 1.01 bits per heavy atom. The monoisotopic (exact) mass is 1110 g/mol. The Balaban J connectivity index is 0.000000162. The van der Waals surface area contributed by atoms with E-state index in [1.165, 1.54) is 68.4 Å². The van der Waals surface area contributed by atoms with Gasteiger partial charge in [0, 0.05) is 55.4 Å². The molecule has 5 heterocycles. The van der Waals surface area contributed by atoms with Crippen molar-refractivity contribution in [2.75, 3.05) is 65.8 Å². The lowest BCUT2D eigenvalue weighted by molar-refractivity contribution is 0.198. The predicted octanol–water partition coefficient (Wildman–Crippen LogP) is 9.85. The second kappa shape index (κ2) is 25.4. The third-order valence-corrected chi connectivity index (χ3v) is 18.5. The van der Waals surface area contributed by atoms with Gasteiger partial charge in [0.25, 0.3) is 10.1 Å². The SMILES string of the molecule is C1CCNC1.C1CCOC1.Cc1ccc(S(=O)(=O)OCCOc2ccc3c(c2)c(S(=O)(=O)c2cccc4ccccc24)nn3C)cc1.Cn1nc(S(=O)(=O)c2cccc3ccccc23)c2cc(OCCN3CCCC3)ccc21. The van der Waals surface area contributed by atoms with Gasteiger partial charge in [-0.2, -0.15) is 18.6 Å². The number of ether oxygens (including phenoxy) is 3. The largest absolute Gasteiger partial charge is 0.492 e. The lowest BCUT2D eigenvalue weighted by Gasteiger charge is -2.15. The molecule has 0 unspecified atom stereocenters. The Morgan fingerprint density at radius 3 is 1.49 bits per heavy atom. The molecule has 0 amide bonds. The zero-order valence-electron chi connectivity index (χ0n) is 44.2. The van der Waals surface area contributed by atoms with Crippen molar-refractivity contribution in [3.05, 3.63) is 151 Å². The molecule has 1 N–H and O–H groups in total. The highest BCUT2D eigenvalue weighted by atomic mass is 32.2. The van der Waals surface area contributed by atoms with E-state index >= 15 is 0 Å². The molecule has 0 atom stereocenters. The van der Waals surface area contributed by atoms with Gasteiger partial charge in [-0.1, -0.05) is 90.5 Å². The first-order chi connectivity index (χ1) is 37.7.